The number of rotatable bonds is 2. The Labute approximate surface area is 86.2 Å². The first-order valence-electron chi connectivity index (χ1n) is 3.44. The van der Waals surface area contributed by atoms with Gasteiger partial charge in [-0.3, -0.25) is 10.1 Å². The maximum absolute atomic E-state index is 10.5. The van der Waals surface area contributed by atoms with Crippen molar-refractivity contribution in [2.75, 3.05) is 0 Å². The Morgan fingerprint density at radius 2 is 1.93 bits per heavy atom. The minimum atomic E-state index is -0.540. The molecule has 0 unspecified atom stereocenters. The van der Waals surface area contributed by atoms with Crippen LogP contribution in [-0.2, 0) is 0 Å². The van der Waals surface area contributed by atoms with Gasteiger partial charge in [0.2, 0.25) is 0 Å². The summed E-state index contributed by atoms with van der Waals surface area (Å²) in [4.78, 5) is 13.5. The molecule has 1 aromatic carbocycles. The third kappa shape index (κ3) is 2.91. The second-order valence-electron chi connectivity index (χ2n) is 2.28. The third-order valence-electron chi connectivity index (χ3n) is 1.33. The normalized spacial score (nSPS) is 8.57. The van der Waals surface area contributed by atoms with Gasteiger partial charge in [0.05, 0.1) is 4.92 Å². The topological polar surface area (TPSA) is 108 Å². The smallest absolute Gasteiger partial charge is 0.294 e. The summed E-state index contributed by atoms with van der Waals surface area (Å²) in [7, 11) is 0. The van der Waals surface area contributed by atoms with Crippen LogP contribution in [0.2, 0.25) is 0 Å². The Balaban J connectivity index is 0.00000169. The molecule has 0 saturated carbocycles. The Kier molecular flexibility index (Phi) is 4.37. The predicted octanol–water partition coefficient (Wildman–Crippen LogP) is 0.922. The molecule has 0 atom stereocenters. The number of nitrogens with two attached hydrogens (primary N) is 2. The van der Waals surface area contributed by atoms with Crippen LogP contribution >= 0.6 is 12.4 Å². The number of nitrogens with zero attached hydrogens (tertiary/aromatic N) is 2. The van der Waals surface area contributed by atoms with Gasteiger partial charge >= 0.3 is 0 Å². The van der Waals surface area contributed by atoms with Crippen LogP contribution in [0.25, 0.3) is 0 Å². The van der Waals surface area contributed by atoms with E-state index in [4.69, 9.17) is 11.5 Å². The summed E-state index contributed by atoms with van der Waals surface area (Å²) in [6, 6.07) is 5.97. The van der Waals surface area contributed by atoms with Crippen LogP contribution in [0.4, 0.5) is 11.4 Å². The highest BCUT2D eigenvalue weighted by Crippen LogP contribution is 2.25. The first-order chi connectivity index (χ1) is 6.11. The second kappa shape index (κ2) is 5.03. The van der Waals surface area contributed by atoms with E-state index in [0.29, 0.717) is 0 Å². The van der Waals surface area contributed by atoms with Gasteiger partial charge in [0.25, 0.3) is 5.69 Å². The fourth-order valence-corrected chi connectivity index (χ4v) is 0.852. The highest BCUT2D eigenvalue weighted by atomic mass is 35.5. The lowest BCUT2D eigenvalue weighted by Crippen LogP contribution is -2.22. The van der Waals surface area contributed by atoms with Crippen molar-refractivity contribution in [3.8, 4) is 0 Å². The van der Waals surface area contributed by atoms with Gasteiger partial charge in [-0.25, -0.2) is 4.99 Å². The van der Waals surface area contributed by atoms with Crippen LogP contribution in [-0.4, -0.2) is 10.9 Å². The van der Waals surface area contributed by atoms with Crippen molar-refractivity contribution in [3.63, 3.8) is 0 Å². The largest absolute Gasteiger partial charge is 0.370 e. The maximum Gasteiger partial charge on any atom is 0.294 e. The second-order valence-corrected chi connectivity index (χ2v) is 2.28. The fraction of sp³-hybridized carbons (Fsp3) is 0. The Morgan fingerprint density at radius 1 is 1.36 bits per heavy atom. The van der Waals surface area contributed by atoms with Crippen LogP contribution in [0, 0.1) is 10.1 Å². The molecule has 0 bridgehead atoms. The molecule has 0 fully saturated rings. The number of nitro benzene ring substituents is 1. The minimum Gasteiger partial charge on any atom is -0.370 e. The zero-order valence-corrected chi connectivity index (χ0v) is 7.90. The van der Waals surface area contributed by atoms with E-state index in [9.17, 15) is 10.1 Å². The molecule has 1 aromatic rings. The SMILES string of the molecule is Cl.NC(N)=Nc1ccccc1[N+](=O)[O-]. The van der Waals surface area contributed by atoms with E-state index in [0.717, 1.165) is 0 Å². The van der Waals surface area contributed by atoms with E-state index in [1.165, 1.54) is 12.1 Å². The highest BCUT2D eigenvalue weighted by Gasteiger charge is 2.10. The van der Waals surface area contributed by atoms with Crippen molar-refractivity contribution in [1.29, 1.82) is 0 Å². The monoisotopic (exact) mass is 216 g/mol. The summed E-state index contributed by atoms with van der Waals surface area (Å²) >= 11 is 0. The summed E-state index contributed by atoms with van der Waals surface area (Å²) in [5, 5.41) is 10.5. The molecule has 0 aromatic heterocycles. The van der Waals surface area contributed by atoms with Gasteiger partial charge in [-0.1, -0.05) is 12.1 Å². The van der Waals surface area contributed by atoms with Crippen LogP contribution in [0.3, 0.4) is 0 Å². The molecule has 6 nitrogen and oxygen atoms in total. The molecule has 0 aliphatic rings. The van der Waals surface area contributed by atoms with Gasteiger partial charge in [-0.2, -0.15) is 0 Å². The Morgan fingerprint density at radius 3 is 2.43 bits per heavy atom. The molecule has 0 heterocycles. The molecule has 0 saturated heterocycles. The number of benzene rings is 1. The van der Waals surface area contributed by atoms with Crippen LogP contribution in [0.1, 0.15) is 0 Å². The van der Waals surface area contributed by atoms with Gasteiger partial charge in [-0.05, 0) is 6.07 Å². The molecule has 0 radical (unpaired) electrons. The van der Waals surface area contributed by atoms with Gasteiger partial charge in [-0.15, -0.1) is 12.4 Å². The van der Waals surface area contributed by atoms with E-state index >= 15 is 0 Å². The molecule has 1 rings (SSSR count). The van der Waals surface area contributed by atoms with E-state index in [1.54, 1.807) is 12.1 Å². The average Bonchev–Trinajstić information content (AvgIpc) is 2.03. The molecule has 0 aliphatic carbocycles. The molecule has 0 aliphatic heterocycles. The lowest BCUT2D eigenvalue weighted by molar-refractivity contribution is -0.384. The number of hydrogen-bond donors (Lipinski definition) is 2. The average molecular weight is 217 g/mol. The number of guanidine groups is 1. The first-order valence-corrected chi connectivity index (χ1v) is 3.44. The number of nitro groups is 1. The van der Waals surface area contributed by atoms with E-state index in [1.807, 2.05) is 0 Å². The number of para-hydroxylation sites is 2. The summed E-state index contributed by atoms with van der Waals surface area (Å²) in [5.41, 5.74) is 10.2. The summed E-state index contributed by atoms with van der Waals surface area (Å²) < 4.78 is 0. The maximum atomic E-state index is 10.5. The third-order valence-corrected chi connectivity index (χ3v) is 1.33. The fourth-order valence-electron chi connectivity index (χ4n) is 0.852. The molecule has 0 amide bonds. The first kappa shape index (κ1) is 12.2. The van der Waals surface area contributed by atoms with Crippen molar-refractivity contribution in [2.24, 2.45) is 16.5 Å². The van der Waals surface area contributed by atoms with Crippen molar-refractivity contribution in [1.82, 2.24) is 0 Å². The molecule has 0 spiro atoms. The molecular weight excluding hydrogens is 208 g/mol. The van der Waals surface area contributed by atoms with Crippen LogP contribution in [0.15, 0.2) is 29.3 Å². The quantitative estimate of drug-likeness (QED) is 0.332. The minimum absolute atomic E-state index is 0. The van der Waals surface area contributed by atoms with Crippen molar-refractivity contribution >= 4 is 29.7 Å². The molecule has 4 N–H and O–H groups in total. The molecule has 14 heavy (non-hydrogen) atoms. The zero-order valence-electron chi connectivity index (χ0n) is 7.08. The number of hydrogen-bond acceptors (Lipinski definition) is 3. The van der Waals surface area contributed by atoms with Crippen molar-refractivity contribution in [3.05, 3.63) is 34.4 Å². The van der Waals surface area contributed by atoms with Crippen LogP contribution < -0.4 is 11.5 Å². The number of halogens is 1. The molecule has 7 heteroatoms. The van der Waals surface area contributed by atoms with E-state index in [2.05, 4.69) is 4.99 Å². The molecule has 76 valence electrons. The van der Waals surface area contributed by atoms with Gasteiger partial charge in [0.1, 0.15) is 5.69 Å². The zero-order chi connectivity index (χ0) is 9.84. The van der Waals surface area contributed by atoms with Gasteiger partial charge < -0.3 is 11.5 Å². The van der Waals surface area contributed by atoms with Crippen molar-refractivity contribution < 1.29 is 4.92 Å². The number of aliphatic imine (C=N–C) groups is 1. The van der Waals surface area contributed by atoms with E-state index < -0.39 is 4.92 Å². The molecular formula is C7H9ClN4O2. The van der Waals surface area contributed by atoms with Crippen molar-refractivity contribution in [2.45, 2.75) is 0 Å². The van der Waals surface area contributed by atoms with Gasteiger partial charge in [0, 0.05) is 6.07 Å². The summed E-state index contributed by atoms with van der Waals surface area (Å²) in [6.45, 7) is 0. The standard InChI is InChI=1S/C7H8N4O2.ClH/c8-7(9)10-5-3-1-2-4-6(5)11(12)13;/h1-4H,(H4,8,9,10);1H. The lowest BCUT2D eigenvalue weighted by Gasteiger charge is -1.96. The van der Waals surface area contributed by atoms with Gasteiger partial charge in [0.15, 0.2) is 5.96 Å². The predicted molar refractivity (Wildman–Crippen MR) is 55.8 cm³/mol. The summed E-state index contributed by atoms with van der Waals surface area (Å²) in [6.07, 6.45) is 0. The highest BCUT2D eigenvalue weighted by molar-refractivity contribution is 5.85. The summed E-state index contributed by atoms with van der Waals surface area (Å²) in [5.74, 6) is -0.200. The lowest BCUT2D eigenvalue weighted by atomic mass is 10.3. The van der Waals surface area contributed by atoms with Crippen LogP contribution in [0.5, 0.6) is 0 Å². The Bertz CT molecular complexity index is 362. The van der Waals surface area contributed by atoms with E-state index in [-0.39, 0.29) is 29.7 Å². The Hall–Kier alpha value is -1.82.